The fraction of sp³-hybridized carbons (Fsp3) is 0.125. The quantitative estimate of drug-likeness (QED) is 0.851. The highest BCUT2D eigenvalue weighted by atomic mass is 32.1. The van der Waals surface area contributed by atoms with Crippen LogP contribution in [0.2, 0.25) is 0 Å². The highest BCUT2D eigenvalue weighted by Crippen LogP contribution is 2.16. The Balaban J connectivity index is 2.26. The van der Waals surface area contributed by atoms with Crippen molar-refractivity contribution < 1.29 is 4.79 Å². The van der Waals surface area contributed by atoms with Gasteiger partial charge in [-0.05, 0) is 43.2 Å². The lowest BCUT2D eigenvalue weighted by molar-refractivity contribution is 0.102. The van der Waals surface area contributed by atoms with Gasteiger partial charge in [0.25, 0.3) is 5.91 Å². The number of aryl methyl sites for hydroxylation is 1. The Morgan fingerprint density at radius 2 is 1.85 bits per heavy atom. The van der Waals surface area contributed by atoms with Crippen molar-refractivity contribution in [1.82, 2.24) is 0 Å². The molecular weight excluding hydrogens is 268 g/mol. The second-order valence-electron chi connectivity index (χ2n) is 4.65. The zero-order chi connectivity index (χ0) is 14.7. The zero-order valence-corrected chi connectivity index (χ0v) is 12.3. The van der Waals surface area contributed by atoms with E-state index in [1.807, 2.05) is 50.2 Å². The van der Waals surface area contributed by atoms with E-state index in [4.69, 9.17) is 18.0 Å². The van der Waals surface area contributed by atoms with E-state index in [1.165, 1.54) is 0 Å². The Morgan fingerprint density at radius 3 is 2.55 bits per heavy atom. The number of thiocarbonyl (C=S) groups is 1. The Bertz CT molecular complexity index is 680. The molecule has 0 atom stereocenters. The Hall–Kier alpha value is -2.20. The highest BCUT2D eigenvalue weighted by molar-refractivity contribution is 7.80. The molecule has 0 unspecified atom stereocenters. The van der Waals surface area contributed by atoms with Crippen molar-refractivity contribution in [2.45, 2.75) is 13.8 Å². The molecule has 0 bridgehead atoms. The molecule has 0 aliphatic rings. The second kappa shape index (κ2) is 5.84. The number of carbonyl (C=O) groups is 1. The summed E-state index contributed by atoms with van der Waals surface area (Å²) in [6, 6.07) is 12.9. The number of amides is 1. The Labute approximate surface area is 123 Å². The molecule has 0 spiro atoms. The van der Waals surface area contributed by atoms with Crippen molar-refractivity contribution in [3.63, 3.8) is 0 Å². The maximum atomic E-state index is 12.3. The molecule has 0 aromatic heterocycles. The van der Waals surface area contributed by atoms with E-state index in [2.05, 4.69) is 5.32 Å². The van der Waals surface area contributed by atoms with Crippen LogP contribution in [0.5, 0.6) is 0 Å². The van der Waals surface area contributed by atoms with Crippen LogP contribution in [0.15, 0.2) is 42.5 Å². The standard InChI is InChI=1S/C16H16N2OS/c1-10-5-3-8-14(11(10)2)16(19)18-13-7-4-6-12(9-13)15(17)20/h3-9H,1-2H3,(H2,17,20)(H,18,19). The molecule has 20 heavy (non-hydrogen) atoms. The van der Waals surface area contributed by atoms with Gasteiger partial charge in [-0.1, -0.05) is 36.5 Å². The lowest BCUT2D eigenvalue weighted by Crippen LogP contribution is -2.15. The third-order valence-corrected chi connectivity index (χ3v) is 3.49. The van der Waals surface area contributed by atoms with Gasteiger partial charge in [-0.15, -0.1) is 0 Å². The number of nitrogens with one attached hydrogen (secondary N) is 1. The van der Waals surface area contributed by atoms with Crippen LogP contribution < -0.4 is 11.1 Å². The molecule has 0 saturated carbocycles. The van der Waals surface area contributed by atoms with Crippen molar-refractivity contribution >= 4 is 28.8 Å². The van der Waals surface area contributed by atoms with E-state index in [0.29, 0.717) is 16.2 Å². The van der Waals surface area contributed by atoms with Crippen LogP contribution in [0.3, 0.4) is 0 Å². The van der Waals surface area contributed by atoms with Crippen molar-refractivity contribution in [1.29, 1.82) is 0 Å². The molecule has 0 saturated heterocycles. The Morgan fingerprint density at radius 1 is 1.15 bits per heavy atom. The summed E-state index contributed by atoms with van der Waals surface area (Å²) in [5, 5.41) is 2.87. The summed E-state index contributed by atoms with van der Waals surface area (Å²) in [5.41, 5.74) is 9.75. The third-order valence-electron chi connectivity index (χ3n) is 3.25. The van der Waals surface area contributed by atoms with Gasteiger partial charge in [0.1, 0.15) is 4.99 Å². The number of hydrogen-bond acceptors (Lipinski definition) is 2. The van der Waals surface area contributed by atoms with Crippen LogP contribution >= 0.6 is 12.2 Å². The fourth-order valence-electron chi connectivity index (χ4n) is 1.95. The minimum Gasteiger partial charge on any atom is -0.389 e. The zero-order valence-electron chi connectivity index (χ0n) is 11.4. The minimum absolute atomic E-state index is 0.133. The lowest BCUT2D eigenvalue weighted by Gasteiger charge is -2.10. The van der Waals surface area contributed by atoms with Crippen LogP contribution in [0.1, 0.15) is 27.0 Å². The van der Waals surface area contributed by atoms with Crippen molar-refractivity contribution in [2.75, 3.05) is 5.32 Å². The number of benzene rings is 2. The van der Waals surface area contributed by atoms with Crippen LogP contribution in [-0.2, 0) is 0 Å². The molecule has 0 aliphatic carbocycles. The van der Waals surface area contributed by atoms with E-state index in [1.54, 1.807) is 6.07 Å². The maximum Gasteiger partial charge on any atom is 0.255 e. The van der Waals surface area contributed by atoms with E-state index in [9.17, 15) is 4.79 Å². The summed E-state index contributed by atoms with van der Waals surface area (Å²) in [6.45, 7) is 3.93. The van der Waals surface area contributed by atoms with Gasteiger partial charge in [0.2, 0.25) is 0 Å². The average molecular weight is 284 g/mol. The topological polar surface area (TPSA) is 55.1 Å². The Kier molecular flexibility index (Phi) is 4.15. The molecule has 2 aromatic rings. The van der Waals surface area contributed by atoms with Gasteiger partial charge < -0.3 is 11.1 Å². The first-order valence-electron chi connectivity index (χ1n) is 6.26. The van der Waals surface area contributed by atoms with Gasteiger partial charge in [-0.2, -0.15) is 0 Å². The van der Waals surface area contributed by atoms with Gasteiger partial charge in [-0.3, -0.25) is 4.79 Å². The summed E-state index contributed by atoms with van der Waals surface area (Å²) in [7, 11) is 0. The predicted molar refractivity (Wildman–Crippen MR) is 86.2 cm³/mol. The van der Waals surface area contributed by atoms with Crippen molar-refractivity contribution in [2.24, 2.45) is 5.73 Å². The number of anilines is 1. The van der Waals surface area contributed by atoms with Crippen molar-refractivity contribution in [3.8, 4) is 0 Å². The molecule has 3 N–H and O–H groups in total. The summed E-state index contributed by atoms with van der Waals surface area (Å²) in [4.78, 5) is 12.6. The van der Waals surface area contributed by atoms with Crippen LogP contribution in [0.4, 0.5) is 5.69 Å². The average Bonchev–Trinajstić information content (AvgIpc) is 2.42. The van der Waals surface area contributed by atoms with Crippen LogP contribution in [0, 0.1) is 13.8 Å². The van der Waals surface area contributed by atoms with Crippen LogP contribution in [-0.4, -0.2) is 10.9 Å². The van der Waals surface area contributed by atoms with E-state index < -0.39 is 0 Å². The number of nitrogens with two attached hydrogens (primary N) is 1. The monoisotopic (exact) mass is 284 g/mol. The van der Waals surface area contributed by atoms with E-state index in [-0.39, 0.29) is 5.91 Å². The molecule has 0 radical (unpaired) electrons. The first-order valence-corrected chi connectivity index (χ1v) is 6.67. The number of carbonyl (C=O) groups excluding carboxylic acids is 1. The summed E-state index contributed by atoms with van der Waals surface area (Å²) < 4.78 is 0. The minimum atomic E-state index is -0.133. The maximum absolute atomic E-state index is 12.3. The number of hydrogen-bond donors (Lipinski definition) is 2. The first-order chi connectivity index (χ1) is 9.49. The van der Waals surface area contributed by atoms with Gasteiger partial charge in [-0.25, -0.2) is 0 Å². The van der Waals surface area contributed by atoms with Gasteiger partial charge in [0.05, 0.1) is 0 Å². The van der Waals surface area contributed by atoms with Gasteiger partial charge in [0, 0.05) is 16.8 Å². The van der Waals surface area contributed by atoms with Crippen molar-refractivity contribution in [3.05, 3.63) is 64.7 Å². The molecule has 0 aliphatic heterocycles. The largest absolute Gasteiger partial charge is 0.389 e. The molecular formula is C16H16N2OS. The fourth-order valence-corrected chi connectivity index (χ4v) is 2.07. The molecule has 0 heterocycles. The van der Waals surface area contributed by atoms with Crippen LogP contribution in [0.25, 0.3) is 0 Å². The second-order valence-corrected chi connectivity index (χ2v) is 5.09. The van der Waals surface area contributed by atoms with E-state index >= 15 is 0 Å². The molecule has 4 heteroatoms. The van der Waals surface area contributed by atoms with Gasteiger partial charge in [0.15, 0.2) is 0 Å². The molecule has 3 nitrogen and oxygen atoms in total. The van der Waals surface area contributed by atoms with E-state index in [0.717, 1.165) is 16.7 Å². The van der Waals surface area contributed by atoms with Gasteiger partial charge >= 0.3 is 0 Å². The third kappa shape index (κ3) is 3.03. The number of rotatable bonds is 3. The molecule has 102 valence electrons. The molecule has 2 rings (SSSR count). The normalized spacial score (nSPS) is 10.1. The first kappa shape index (κ1) is 14.2. The predicted octanol–water partition coefficient (Wildman–Crippen LogP) is 3.19. The highest BCUT2D eigenvalue weighted by Gasteiger charge is 2.10. The molecule has 2 aromatic carbocycles. The summed E-state index contributed by atoms with van der Waals surface area (Å²) in [5.74, 6) is -0.133. The lowest BCUT2D eigenvalue weighted by atomic mass is 10.0. The molecule has 0 fully saturated rings. The molecule has 1 amide bonds. The SMILES string of the molecule is Cc1cccc(C(=O)Nc2cccc(C(N)=S)c2)c1C. The summed E-state index contributed by atoms with van der Waals surface area (Å²) in [6.07, 6.45) is 0. The summed E-state index contributed by atoms with van der Waals surface area (Å²) >= 11 is 4.93. The smallest absolute Gasteiger partial charge is 0.255 e.